The van der Waals surface area contributed by atoms with Crippen molar-refractivity contribution in [1.82, 2.24) is 20.2 Å². The molecular formula is C28H36N8O3. The molecule has 8 N–H and O–H groups in total. The van der Waals surface area contributed by atoms with Gasteiger partial charge in [-0.1, -0.05) is 38.1 Å². The van der Waals surface area contributed by atoms with Crippen molar-refractivity contribution in [3.8, 4) is 11.3 Å². The van der Waals surface area contributed by atoms with Crippen LogP contribution in [0.1, 0.15) is 49.2 Å². The number of nitrogens with two attached hydrogens (primary N) is 2. The summed E-state index contributed by atoms with van der Waals surface area (Å²) in [6.45, 7) is 8.19. The van der Waals surface area contributed by atoms with E-state index < -0.39 is 11.5 Å². The first kappa shape index (κ1) is 28.9. The molecule has 3 aromatic rings. The second kappa shape index (κ2) is 12.7. The zero-order valence-electron chi connectivity index (χ0n) is 22.7. The number of nitrogens with one attached hydrogen (secondary N) is 4. The molecule has 3 rings (SSSR count). The van der Waals surface area contributed by atoms with Crippen LogP contribution in [0, 0.1) is 11.3 Å². The molecule has 0 aliphatic heterocycles. The molecule has 1 heterocycles. The lowest BCUT2D eigenvalue weighted by molar-refractivity contribution is -0.121. The van der Waals surface area contributed by atoms with Gasteiger partial charge >= 0.3 is 0 Å². The van der Waals surface area contributed by atoms with Gasteiger partial charge in [-0.05, 0) is 43.5 Å². The van der Waals surface area contributed by atoms with E-state index in [1.54, 1.807) is 42.5 Å². The first-order valence-corrected chi connectivity index (χ1v) is 12.7. The molecule has 39 heavy (non-hydrogen) atoms. The smallest absolute Gasteiger partial charge is 0.294 e. The lowest BCUT2D eigenvalue weighted by Gasteiger charge is -2.17. The number of aromatic nitrogens is 2. The predicted molar refractivity (Wildman–Crippen MR) is 154 cm³/mol. The summed E-state index contributed by atoms with van der Waals surface area (Å²) in [6, 6.07) is 11.7. The summed E-state index contributed by atoms with van der Waals surface area (Å²) in [7, 11) is 0. The highest BCUT2D eigenvalue weighted by Gasteiger charge is 2.18. The van der Waals surface area contributed by atoms with Crippen LogP contribution in [0.3, 0.4) is 0 Å². The van der Waals surface area contributed by atoms with Crippen LogP contribution in [0.4, 0.5) is 11.5 Å². The average molecular weight is 533 g/mol. The van der Waals surface area contributed by atoms with Crippen molar-refractivity contribution in [3.63, 3.8) is 0 Å². The molecule has 11 heteroatoms. The molecule has 1 aromatic heterocycles. The minimum Gasteiger partial charge on any atom is -0.399 e. The average Bonchev–Trinajstić information content (AvgIpc) is 2.88. The molecule has 0 saturated carbocycles. The molecule has 2 aromatic carbocycles. The van der Waals surface area contributed by atoms with E-state index in [2.05, 4.69) is 20.9 Å². The highest BCUT2D eigenvalue weighted by Crippen LogP contribution is 2.23. The second-order valence-corrected chi connectivity index (χ2v) is 10.0. The normalized spacial score (nSPS) is 10.9. The molecule has 0 aliphatic rings. The molecule has 0 radical (unpaired) electrons. The first-order chi connectivity index (χ1) is 18.4. The van der Waals surface area contributed by atoms with E-state index in [1.807, 2.05) is 27.7 Å². The summed E-state index contributed by atoms with van der Waals surface area (Å²) >= 11 is 0. The number of carbonyl (C=O) groups excluding carboxylic acids is 2. The third-order valence-electron chi connectivity index (χ3n) is 5.72. The van der Waals surface area contributed by atoms with Crippen LogP contribution in [-0.4, -0.2) is 39.8 Å². The van der Waals surface area contributed by atoms with E-state index in [4.69, 9.17) is 16.9 Å². The standard InChI is InChI=1S/C28H36N8O3/c1-16(2)12-34-27(38)21-9-20(10-22(29)11-21)23-14-33-26(35-17(3)4)28(39)36(23)15-24(37)32-13-18-5-7-19(8-6-18)25(30)31/h5-11,14,16-17H,12-13,15,29H2,1-4H3,(H3,30,31)(H,32,37)(H,33,35)(H,34,38). The number of anilines is 2. The lowest BCUT2D eigenvalue weighted by atomic mass is 10.1. The van der Waals surface area contributed by atoms with E-state index >= 15 is 0 Å². The topological polar surface area (TPSA) is 181 Å². The van der Waals surface area contributed by atoms with E-state index in [1.165, 1.54) is 10.8 Å². The van der Waals surface area contributed by atoms with Crippen molar-refractivity contribution in [2.75, 3.05) is 17.6 Å². The number of hydrogen-bond acceptors (Lipinski definition) is 7. The SMILES string of the molecule is CC(C)CNC(=O)c1cc(N)cc(-c2cnc(NC(C)C)c(=O)n2CC(=O)NCc2ccc(C(=N)N)cc2)c1. The minimum absolute atomic E-state index is 0.0388. The lowest BCUT2D eigenvalue weighted by Crippen LogP contribution is -2.35. The van der Waals surface area contributed by atoms with E-state index in [0.29, 0.717) is 34.6 Å². The van der Waals surface area contributed by atoms with Gasteiger partial charge in [0.2, 0.25) is 5.91 Å². The highest BCUT2D eigenvalue weighted by molar-refractivity contribution is 5.96. The number of benzene rings is 2. The Labute approximate surface area is 227 Å². The van der Waals surface area contributed by atoms with E-state index in [9.17, 15) is 14.4 Å². The Kier molecular flexibility index (Phi) is 9.43. The maximum Gasteiger partial charge on any atom is 0.294 e. The number of carbonyl (C=O) groups is 2. The quantitative estimate of drug-likeness (QED) is 0.124. The molecule has 0 unspecified atom stereocenters. The number of rotatable bonds is 11. The Hall–Kier alpha value is -4.67. The summed E-state index contributed by atoms with van der Waals surface area (Å²) in [5, 5.41) is 16.2. The maximum absolute atomic E-state index is 13.4. The molecule has 0 fully saturated rings. The molecule has 0 spiro atoms. The zero-order valence-corrected chi connectivity index (χ0v) is 22.7. The Morgan fingerprint density at radius 1 is 1.03 bits per heavy atom. The monoisotopic (exact) mass is 532 g/mol. The van der Waals surface area contributed by atoms with Crippen molar-refractivity contribution in [3.05, 3.63) is 75.7 Å². The van der Waals surface area contributed by atoms with E-state index in [0.717, 1.165) is 5.56 Å². The van der Waals surface area contributed by atoms with Crippen molar-refractivity contribution >= 4 is 29.2 Å². The van der Waals surface area contributed by atoms with Crippen molar-refractivity contribution < 1.29 is 9.59 Å². The molecule has 0 aliphatic carbocycles. The van der Waals surface area contributed by atoms with Gasteiger partial charge in [-0.3, -0.25) is 24.4 Å². The predicted octanol–water partition coefficient (Wildman–Crippen LogP) is 2.30. The molecule has 206 valence electrons. The summed E-state index contributed by atoms with van der Waals surface area (Å²) in [5.41, 5.74) is 14.0. The zero-order chi connectivity index (χ0) is 28.7. The van der Waals surface area contributed by atoms with Gasteiger partial charge in [0.15, 0.2) is 5.82 Å². The minimum atomic E-state index is -0.476. The van der Waals surface area contributed by atoms with Crippen LogP contribution >= 0.6 is 0 Å². The Balaban J connectivity index is 1.92. The summed E-state index contributed by atoms with van der Waals surface area (Å²) in [6.07, 6.45) is 1.49. The number of amidine groups is 1. The van der Waals surface area contributed by atoms with Crippen LogP contribution in [0.15, 0.2) is 53.5 Å². The number of hydrogen-bond donors (Lipinski definition) is 6. The van der Waals surface area contributed by atoms with Gasteiger partial charge in [0.25, 0.3) is 11.5 Å². The largest absolute Gasteiger partial charge is 0.399 e. The molecule has 11 nitrogen and oxygen atoms in total. The maximum atomic E-state index is 13.4. The number of amides is 2. The summed E-state index contributed by atoms with van der Waals surface area (Å²) in [5.74, 6) is -0.334. The third kappa shape index (κ3) is 7.91. The fourth-order valence-electron chi connectivity index (χ4n) is 3.78. The molecule has 2 amide bonds. The van der Waals surface area contributed by atoms with Crippen LogP contribution in [0.5, 0.6) is 0 Å². The number of nitrogen functional groups attached to an aromatic ring is 2. The fraction of sp³-hybridized carbons (Fsp3) is 0.321. The molecular weight excluding hydrogens is 496 g/mol. The van der Waals surface area contributed by atoms with Crippen molar-refractivity contribution in [1.29, 1.82) is 5.41 Å². The Bertz CT molecular complexity index is 1410. The third-order valence-corrected chi connectivity index (χ3v) is 5.72. The Morgan fingerprint density at radius 2 is 1.72 bits per heavy atom. The Morgan fingerprint density at radius 3 is 2.33 bits per heavy atom. The van der Waals surface area contributed by atoms with Gasteiger partial charge in [0.1, 0.15) is 12.4 Å². The van der Waals surface area contributed by atoms with Gasteiger partial charge < -0.3 is 27.4 Å². The molecule has 0 bridgehead atoms. The van der Waals surface area contributed by atoms with Crippen LogP contribution in [0.25, 0.3) is 11.3 Å². The van der Waals surface area contributed by atoms with Crippen molar-refractivity contribution in [2.45, 2.75) is 46.8 Å². The van der Waals surface area contributed by atoms with Crippen molar-refractivity contribution in [2.24, 2.45) is 11.7 Å². The highest BCUT2D eigenvalue weighted by atomic mass is 16.2. The van der Waals surface area contributed by atoms with Crippen LogP contribution < -0.4 is 33.0 Å². The first-order valence-electron chi connectivity index (χ1n) is 12.7. The fourth-order valence-corrected chi connectivity index (χ4v) is 3.78. The van der Waals surface area contributed by atoms with E-state index in [-0.39, 0.29) is 42.6 Å². The summed E-state index contributed by atoms with van der Waals surface area (Å²) < 4.78 is 1.32. The molecule has 0 saturated heterocycles. The molecule has 0 atom stereocenters. The van der Waals surface area contributed by atoms with Gasteiger partial charge in [0.05, 0.1) is 11.9 Å². The van der Waals surface area contributed by atoms with Crippen LogP contribution in [0.2, 0.25) is 0 Å². The second-order valence-electron chi connectivity index (χ2n) is 10.0. The van der Waals surface area contributed by atoms with Gasteiger partial charge in [-0.15, -0.1) is 0 Å². The number of nitrogens with zero attached hydrogens (tertiary/aromatic N) is 2. The van der Waals surface area contributed by atoms with Gasteiger partial charge in [-0.25, -0.2) is 4.98 Å². The van der Waals surface area contributed by atoms with Gasteiger partial charge in [-0.2, -0.15) is 0 Å². The van der Waals surface area contributed by atoms with Crippen LogP contribution in [-0.2, 0) is 17.9 Å². The summed E-state index contributed by atoms with van der Waals surface area (Å²) in [4.78, 5) is 43.4. The van der Waals surface area contributed by atoms with Gasteiger partial charge in [0, 0.05) is 41.5 Å².